The largest absolute Gasteiger partial charge is 0.477 e. The summed E-state index contributed by atoms with van der Waals surface area (Å²) in [5.74, 6) is -1.98. The molecule has 2 atom stereocenters. The fourth-order valence-corrected chi connectivity index (χ4v) is 12.7. The standard InChI is InChI=1S/C94H165NO8/c1-6-8-10-12-14-16-18-20-22-24-26-28-30-32-34-36-38-40-42-44-45-46-47-49-50-52-54-56-58-60-62-64-66-68-70-72-74-76-78-80-82-84-91(96)101-88-90(89-102-94(93(98)99)100-87-86-95(3,4)5)103-92(97)85-83-81-79-77-75-73-71-69-67-65-63-61-59-57-55-53-51-48-43-41-39-37-35-33-31-29-27-25-23-21-19-17-15-13-11-9-7-2/h8-11,14-17,20-23,26-29,33,35,39,41,90,94H,6-7,12-13,18-19,24-25,30-32,34,36-38,40,42-89H2,1-5H3/p+1/b10-8-,11-9-,16-14-,17-15-,22-20-,23-21-,28-26-,29-27-,35-33-,41-39-. The molecule has 0 rings (SSSR count). The summed E-state index contributed by atoms with van der Waals surface area (Å²) in [5.41, 5.74) is 0. The van der Waals surface area contributed by atoms with Gasteiger partial charge in [-0.1, -0.05) is 405 Å². The lowest BCUT2D eigenvalue weighted by molar-refractivity contribution is -0.870. The lowest BCUT2D eigenvalue weighted by atomic mass is 10.0. The molecule has 0 saturated heterocycles. The van der Waals surface area contributed by atoms with E-state index in [1.54, 1.807) is 0 Å². The fourth-order valence-electron chi connectivity index (χ4n) is 12.7. The number of likely N-dealkylation sites (N-methyl/N-ethyl adjacent to an activating group) is 1. The van der Waals surface area contributed by atoms with Gasteiger partial charge >= 0.3 is 17.9 Å². The number of unbranched alkanes of at least 4 members (excludes halogenated alkanes) is 46. The summed E-state index contributed by atoms with van der Waals surface area (Å²) in [4.78, 5) is 37.8. The summed E-state index contributed by atoms with van der Waals surface area (Å²) in [6, 6.07) is 0. The molecule has 0 saturated carbocycles. The topological polar surface area (TPSA) is 108 Å². The molecule has 0 aliphatic rings. The fraction of sp³-hybridized carbons (Fsp3) is 0.755. The average molecular weight is 1440 g/mol. The van der Waals surface area contributed by atoms with Gasteiger partial charge in [0.05, 0.1) is 34.4 Å². The lowest BCUT2D eigenvalue weighted by Crippen LogP contribution is -2.40. The monoisotopic (exact) mass is 1440 g/mol. The normalized spacial score (nSPS) is 13.2. The number of carboxylic acid groups (broad SMARTS) is 1. The van der Waals surface area contributed by atoms with E-state index in [-0.39, 0.29) is 38.2 Å². The molecule has 0 aromatic heterocycles. The summed E-state index contributed by atoms with van der Waals surface area (Å²) in [6.45, 7) is 4.70. The zero-order valence-corrected chi connectivity index (χ0v) is 68.2. The Bertz CT molecular complexity index is 2120. The van der Waals surface area contributed by atoms with Crippen molar-refractivity contribution < 1.29 is 42.9 Å². The average Bonchev–Trinajstić information content (AvgIpc) is 1.16. The van der Waals surface area contributed by atoms with Crippen molar-refractivity contribution in [3.8, 4) is 0 Å². The lowest BCUT2D eigenvalue weighted by Gasteiger charge is -2.25. The maximum absolute atomic E-state index is 13.0. The van der Waals surface area contributed by atoms with Crippen LogP contribution < -0.4 is 0 Å². The Morgan fingerprint density at radius 3 is 0.777 bits per heavy atom. The number of quaternary nitrogens is 1. The summed E-state index contributed by atoms with van der Waals surface area (Å²) in [6.07, 6.45) is 117. The predicted octanol–water partition coefficient (Wildman–Crippen LogP) is 28.6. The predicted molar refractivity (Wildman–Crippen MR) is 447 cm³/mol. The Morgan fingerprint density at radius 2 is 0.524 bits per heavy atom. The number of carbonyl (C=O) groups is 3. The minimum absolute atomic E-state index is 0.180. The van der Waals surface area contributed by atoms with Gasteiger partial charge in [-0.15, -0.1) is 0 Å². The molecule has 0 aliphatic heterocycles. The number of esters is 2. The number of nitrogens with zero attached hydrogens (tertiary/aromatic N) is 1. The van der Waals surface area contributed by atoms with Crippen molar-refractivity contribution in [2.75, 3.05) is 47.5 Å². The van der Waals surface area contributed by atoms with Crippen LogP contribution in [-0.4, -0.2) is 87.4 Å². The summed E-state index contributed by atoms with van der Waals surface area (Å²) in [7, 11) is 6.00. The first-order chi connectivity index (χ1) is 50.6. The molecular formula is C94H166NO8+. The van der Waals surface area contributed by atoms with Gasteiger partial charge in [-0.25, -0.2) is 4.79 Å². The van der Waals surface area contributed by atoms with Crippen LogP contribution in [0.25, 0.3) is 0 Å². The van der Waals surface area contributed by atoms with Crippen LogP contribution in [0.5, 0.6) is 0 Å². The van der Waals surface area contributed by atoms with Crippen LogP contribution in [0.15, 0.2) is 122 Å². The van der Waals surface area contributed by atoms with E-state index in [1.165, 1.54) is 270 Å². The van der Waals surface area contributed by atoms with Crippen LogP contribution in [0, 0.1) is 0 Å². The first-order valence-electron chi connectivity index (χ1n) is 43.7. The third-order valence-electron chi connectivity index (χ3n) is 19.2. The highest BCUT2D eigenvalue weighted by Gasteiger charge is 2.25. The maximum atomic E-state index is 13.0. The highest BCUT2D eigenvalue weighted by molar-refractivity contribution is 5.71. The highest BCUT2D eigenvalue weighted by Crippen LogP contribution is 2.20. The van der Waals surface area contributed by atoms with E-state index >= 15 is 0 Å². The molecule has 0 bridgehead atoms. The smallest absolute Gasteiger partial charge is 0.361 e. The van der Waals surface area contributed by atoms with E-state index < -0.39 is 18.4 Å². The zero-order chi connectivity index (χ0) is 74.6. The van der Waals surface area contributed by atoms with E-state index in [0.717, 1.165) is 103 Å². The molecule has 0 radical (unpaired) electrons. The third kappa shape index (κ3) is 84.8. The first kappa shape index (κ1) is 98.7. The molecule has 0 aromatic carbocycles. The second kappa shape index (κ2) is 83.3. The summed E-state index contributed by atoms with van der Waals surface area (Å²) >= 11 is 0. The number of carboxylic acids is 1. The van der Waals surface area contributed by atoms with Crippen molar-refractivity contribution in [1.29, 1.82) is 0 Å². The van der Waals surface area contributed by atoms with Gasteiger partial charge < -0.3 is 28.5 Å². The Balaban J connectivity index is 3.93. The molecule has 594 valence electrons. The van der Waals surface area contributed by atoms with E-state index in [0.29, 0.717) is 17.4 Å². The molecule has 9 nitrogen and oxygen atoms in total. The molecule has 1 N–H and O–H groups in total. The van der Waals surface area contributed by atoms with E-state index in [9.17, 15) is 19.5 Å². The second-order valence-electron chi connectivity index (χ2n) is 30.4. The SMILES string of the molecule is CC/C=C\C/C=C\C/C=C\C/C=C\C/C=C\C/C=C\CCCCCCCCCCCCCCCCCCCCC(=O)OC(COC(=O)CCCCCCCCCCCCCCCCCCCCCCCCCCCCCC/C=C\C/C=C\C/C=C\C/C=C\CC)COC(OCC[N+](C)(C)C)C(=O)O. The van der Waals surface area contributed by atoms with Gasteiger partial charge in [0.2, 0.25) is 0 Å². The molecule has 0 heterocycles. The zero-order valence-electron chi connectivity index (χ0n) is 68.2. The van der Waals surface area contributed by atoms with Crippen molar-refractivity contribution in [3.63, 3.8) is 0 Å². The number of hydrogen-bond donors (Lipinski definition) is 1. The van der Waals surface area contributed by atoms with Gasteiger partial charge in [-0.2, -0.15) is 0 Å². The van der Waals surface area contributed by atoms with Crippen molar-refractivity contribution in [1.82, 2.24) is 0 Å². The van der Waals surface area contributed by atoms with Crippen LogP contribution in [0.4, 0.5) is 0 Å². The van der Waals surface area contributed by atoms with E-state index in [4.69, 9.17) is 18.9 Å². The molecule has 9 heteroatoms. The third-order valence-corrected chi connectivity index (χ3v) is 19.2. The molecule has 0 aliphatic carbocycles. The Hall–Kier alpha value is -4.31. The number of hydrogen-bond acceptors (Lipinski definition) is 7. The van der Waals surface area contributed by atoms with E-state index in [2.05, 4.69) is 135 Å². The van der Waals surface area contributed by atoms with Crippen LogP contribution in [0.1, 0.15) is 399 Å². The summed E-state index contributed by atoms with van der Waals surface area (Å²) < 4.78 is 23.1. The van der Waals surface area contributed by atoms with Crippen molar-refractivity contribution in [2.45, 2.75) is 411 Å². The number of allylic oxidation sites excluding steroid dienone is 20. The minimum Gasteiger partial charge on any atom is -0.477 e. The van der Waals surface area contributed by atoms with Gasteiger partial charge in [0, 0.05) is 12.8 Å². The number of ether oxygens (including phenoxy) is 4. The second-order valence-corrected chi connectivity index (χ2v) is 30.4. The van der Waals surface area contributed by atoms with Crippen LogP contribution in [-0.2, 0) is 33.3 Å². The Labute approximate surface area is 637 Å². The van der Waals surface area contributed by atoms with Gasteiger partial charge in [0.25, 0.3) is 6.29 Å². The molecular weight excluding hydrogens is 1270 g/mol. The van der Waals surface area contributed by atoms with Crippen LogP contribution >= 0.6 is 0 Å². The van der Waals surface area contributed by atoms with Gasteiger partial charge in [0.1, 0.15) is 13.2 Å². The molecule has 0 fully saturated rings. The van der Waals surface area contributed by atoms with Crippen molar-refractivity contribution >= 4 is 17.9 Å². The number of rotatable bonds is 81. The number of carbonyl (C=O) groups excluding carboxylic acids is 2. The molecule has 0 aromatic rings. The van der Waals surface area contributed by atoms with Crippen LogP contribution in [0.3, 0.4) is 0 Å². The quantitative estimate of drug-likeness (QED) is 0.0211. The maximum Gasteiger partial charge on any atom is 0.361 e. The molecule has 0 spiro atoms. The Kier molecular flexibility index (Phi) is 79.8. The Morgan fingerprint density at radius 1 is 0.291 bits per heavy atom. The van der Waals surface area contributed by atoms with Gasteiger partial charge in [-0.05, 0) is 103 Å². The van der Waals surface area contributed by atoms with Crippen LogP contribution in [0.2, 0.25) is 0 Å². The van der Waals surface area contributed by atoms with Gasteiger partial charge in [0.15, 0.2) is 6.10 Å². The minimum atomic E-state index is -1.51. The highest BCUT2D eigenvalue weighted by atomic mass is 16.7. The number of aliphatic carboxylic acids is 1. The van der Waals surface area contributed by atoms with Crippen molar-refractivity contribution in [3.05, 3.63) is 122 Å². The first-order valence-corrected chi connectivity index (χ1v) is 43.7. The van der Waals surface area contributed by atoms with Gasteiger partial charge in [-0.3, -0.25) is 9.59 Å². The molecule has 0 amide bonds. The summed E-state index contributed by atoms with van der Waals surface area (Å²) in [5, 5.41) is 9.79. The van der Waals surface area contributed by atoms with E-state index in [1.807, 2.05) is 21.1 Å². The molecule has 103 heavy (non-hydrogen) atoms. The van der Waals surface area contributed by atoms with Crippen molar-refractivity contribution in [2.24, 2.45) is 0 Å². The molecule has 2 unspecified atom stereocenters.